The Kier molecular flexibility index (Phi) is 6.74. The summed E-state index contributed by atoms with van der Waals surface area (Å²) in [5.74, 6) is 0.899. The van der Waals surface area contributed by atoms with E-state index in [1.165, 1.54) is 75.5 Å². The maximum atomic E-state index is 5.28. The van der Waals surface area contributed by atoms with Crippen LogP contribution in [0.2, 0.25) is 0 Å². The lowest BCUT2D eigenvalue weighted by Crippen LogP contribution is -2.17. The van der Waals surface area contributed by atoms with Crippen molar-refractivity contribution >= 4 is 59.5 Å². The second-order valence-corrected chi connectivity index (χ2v) is 15.1. The number of hydrogen-bond acceptors (Lipinski definition) is 3. The fourth-order valence-electron chi connectivity index (χ4n) is 8.11. The van der Waals surface area contributed by atoms with Crippen molar-refractivity contribution in [3.8, 4) is 33.4 Å². The molecule has 0 unspecified atom stereocenters. The molecule has 2 heterocycles. The summed E-state index contributed by atoms with van der Waals surface area (Å²) in [4.78, 5) is 7.65. The lowest BCUT2D eigenvalue weighted by Gasteiger charge is -2.30. The molecule has 0 aliphatic heterocycles. The van der Waals surface area contributed by atoms with Crippen molar-refractivity contribution in [2.45, 2.75) is 19.3 Å². The standard InChI is InChI=1S/C48H34N2S/c1-48(2)42-20-12-11-19-37(42)40-27-39(33-15-7-4-8-16-33)44(28-43(40)48)50(35-24-21-32(22-25-35)31-13-5-3-6-14-31)46-29-45-41(30-49-46)38-26-23-34-17-9-10-18-36(34)47(38)51-45/h3-30H,1-2H3. The van der Waals surface area contributed by atoms with E-state index in [1.54, 1.807) is 0 Å². The molecule has 0 N–H and O–H groups in total. The number of hydrogen-bond donors (Lipinski definition) is 0. The Bertz CT molecular complexity index is 2760. The Morgan fingerprint density at radius 2 is 1.20 bits per heavy atom. The van der Waals surface area contributed by atoms with Gasteiger partial charge in [0.2, 0.25) is 0 Å². The summed E-state index contributed by atoms with van der Waals surface area (Å²) in [5, 5.41) is 5.00. The molecule has 3 heteroatoms. The van der Waals surface area contributed by atoms with E-state index in [9.17, 15) is 0 Å². The van der Waals surface area contributed by atoms with Crippen LogP contribution in [0.5, 0.6) is 0 Å². The van der Waals surface area contributed by atoms with Crippen LogP contribution in [0.4, 0.5) is 17.2 Å². The van der Waals surface area contributed by atoms with Gasteiger partial charge in [-0.05, 0) is 80.0 Å². The van der Waals surface area contributed by atoms with Gasteiger partial charge in [0, 0.05) is 43.0 Å². The maximum Gasteiger partial charge on any atom is 0.138 e. The molecule has 2 nitrogen and oxygen atoms in total. The minimum Gasteiger partial charge on any atom is -0.294 e. The Balaban J connectivity index is 1.24. The molecule has 9 aromatic rings. The van der Waals surface area contributed by atoms with E-state index >= 15 is 0 Å². The third-order valence-electron chi connectivity index (χ3n) is 10.7. The molecule has 1 aliphatic rings. The van der Waals surface area contributed by atoms with Crippen LogP contribution in [0, 0.1) is 0 Å². The summed E-state index contributed by atoms with van der Waals surface area (Å²) in [6.07, 6.45) is 2.08. The molecule has 51 heavy (non-hydrogen) atoms. The van der Waals surface area contributed by atoms with Gasteiger partial charge >= 0.3 is 0 Å². The highest BCUT2D eigenvalue weighted by atomic mass is 32.1. The van der Waals surface area contributed by atoms with Gasteiger partial charge in [-0.15, -0.1) is 11.3 Å². The fourth-order valence-corrected chi connectivity index (χ4v) is 9.35. The van der Waals surface area contributed by atoms with Crippen LogP contribution >= 0.6 is 11.3 Å². The summed E-state index contributed by atoms with van der Waals surface area (Å²) in [6.45, 7) is 4.71. The van der Waals surface area contributed by atoms with Crippen LogP contribution in [0.15, 0.2) is 170 Å². The molecule has 0 saturated carbocycles. The number of nitrogens with zero attached hydrogens (tertiary/aromatic N) is 2. The SMILES string of the molecule is CC1(C)c2ccccc2-c2cc(-c3ccccc3)c(N(c3ccc(-c4ccccc4)cc3)c3cc4sc5c6ccccc6ccc5c4cn3)cc21. The third-order valence-corrected chi connectivity index (χ3v) is 11.9. The van der Waals surface area contributed by atoms with Crippen LogP contribution in [0.25, 0.3) is 64.3 Å². The summed E-state index contributed by atoms with van der Waals surface area (Å²) >= 11 is 1.86. The van der Waals surface area contributed by atoms with Crippen LogP contribution in [0.1, 0.15) is 25.0 Å². The molecule has 0 radical (unpaired) electrons. The highest BCUT2D eigenvalue weighted by molar-refractivity contribution is 7.26. The highest BCUT2D eigenvalue weighted by Crippen LogP contribution is 2.53. The molecule has 1 aliphatic carbocycles. The van der Waals surface area contributed by atoms with Crippen molar-refractivity contribution in [2.75, 3.05) is 4.90 Å². The van der Waals surface area contributed by atoms with Crippen LogP contribution in [-0.2, 0) is 5.41 Å². The number of rotatable bonds is 5. The Morgan fingerprint density at radius 3 is 2.00 bits per heavy atom. The largest absolute Gasteiger partial charge is 0.294 e. The average molecular weight is 671 g/mol. The normalized spacial score (nSPS) is 13.1. The monoisotopic (exact) mass is 670 g/mol. The first-order chi connectivity index (χ1) is 25.0. The lowest BCUT2D eigenvalue weighted by molar-refractivity contribution is 0.660. The zero-order valence-corrected chi connectivity index (χ0v) is 29.3. The van der Waals surface area contributed by atoms with E-state index in [-0.39, 0.29) is 5.41 Å². The Hall–Kier alpha value is -6.03. The van der Waals surface area contributed by atoms with Gasteiger partial charge in [0.15, 0.2) is 0 Å². The molecule has 0 amide bonds. The molecular weight excluding hydrogens is 637 g/mol. The third kappa shape index (κ3) is 4.73. The van der Waals surface area contributed by atoms with Gasteiger partial charge in [0.25, 0.3) is 0 Å². The molecule has 0 spiro atoms. The second kappa shape index (κ2) is 11.5. The van der Waals surface area contributed by atoms with Gasteiger partial charge in [-0.3, -0.25) is 4.90 Å². The minimum absolute atomic E-state index is 0.150. The smallest absolute Gasteiger partial charge is 0.138 e. The van der Waals surface area contributed by atoms with E-state index in [2.05, 4.69) is 189 Å². The van der Waals surface area contributed by atoms with Crippen molar-refractivity contribution in [2.24, 2.45) is 0 Å². The van der Waals surface area contributed by atoms with Crippen LogP contribution in [0.3, 0.4) is 0 Å². The van der Waals surface area contributed by atoms with Gasteiger partial charge in [-0.2, -0.15) is 0 Å². The Morgan fingerprint density at radius 1 is 0.510 bits per heavy atom. The van der Waals surface area contributed by atoms with Gasteiger partial charge in [0.1, 0.15) is 5.82 Å². The summed E-state index contributed by atoms with van der Waals surface area (Å²) in [5.41, 5.74) is 12.1. The first kappa shape index (κ1) is 29.8. The highest BCUT2D eigenvalue weighted by Gasteiger charge is 2.37. The van der Waals surface area contributed by atoms with Crippen LogP contribution in [-0.4, -0.2) is 4.98 Å². The quantitative estimate of drug-likeness (QED) is 0.181. The fraction of sp³-hybridized carbons (Fsp3) is 0.0625. The number of aromatic nitrogens is 1. The molecule has 0 fully saturated rings. The molecule has 2 aromatic heterocycles. The predicted octanol–water partition coefficient (Wildman–Crippen LogP) is 13.7. The molecule has 242 valence electrons. The average Bonchev–Trinajstić information content (AvgIpc) is 3.67. The topological polar surface area (TPSA) is 16.1 Å². The number of anilines is 3. The van der Waals surface area contributed by atoms with Crippen molar-refractivity contribution < 1.29 is 0 Å². The van der Waals surface area contributed by atoms with Gasteiger partial charge in [0.05, 0.1) is 5.69 Å². The van der Waals surface area contributed by atoms with E-state index < -0.39 is 0 Å². The van der Waals surface area contributed by atoms with Gasteiger partial charge < -0.3 is 0 Å². The van der Waals surface area contributed by atoms with Crippen molar-refractivity contribution in [3.63, 3.8) is 0 Å². The second-order valence-electron chi connectivity index (χ2n) is 14.0. The Labute approximate surface area is 301 Å². The van der Waals surface area contributed by atoms with E-state index in [0.717, 1.165) is 17.2 Å². The molecule has 10 rings (SSSR count). The predicted molar refractivity (Wildman–Crippen MR) is 218 cm³/mol. The van der Waals surface area contributed by atoms with Gasteiger partial charge in [-0.1, -0.05) is 147 Å². The van der Waals surface area contributed by atoms with E-state index in [4.69, 9.17) is 4.98 Å². The number of thiophene rings is 1. The zero-order chi connectivity index (χ0) is 34.1. The number of benzene rings is 7. The summed E-state index contributed by atoms with van der Waals surface area (Å²) in [7, 11) is 0. The first-order valence-electron chi connectivity index (χ1n) is 17.5. The minimum atomic E-state index is -0.150. The summed E-state index contributed by atoms with van der Waals surface area (Å²) in [6, 6.07) is 59.6. The maximum absolute atomic E-state index is 5.28. The van der Waals surface area contributed by atoms with Crippen LogP contribution < -0.4 is 4.90 Å². The van der Waals surface area contributed by atoms with Crippen molar-refractivity contribution in [1.29, 1.82) is 0 Å². The molecule has 0 saturated heterocycles. The van der Waals surface area contributed by atoms with E-state index in [1.807, 2.05) is 11.3 Å². The number of fused-ring (bicyclic) bond motifs is 8. The lowest BCUT2D eigenvalue weighted by atomic mass is 9.81. The number of pyridine rings is 1. The summed E-state index contributed by atoms with van der Waals surface area (Å²) < 4.78 is 2.54. The molecule has 7 aromatic carbocycles. The molecule has 0 bridgehead atoms. The van der Waals surface area contributed by atoms with E-state index in [0.29, 0.717) is 0 Å². The zero-order valence-electron chi connectivity index (χ0n) is 28.5. The molecule has 0 atom stereocenters. The first-order valence-corrected chi connectivity index (χ1v) is 18.4. The molecular formula is C48H34N2S. The van der Waals surface area contributed by atoms with Gasteiger partial charge in [-0.25, -0.2) is 4.98 Å². The van der Waals surface area contributed by atoms with Crippen molar-refractivity contribution in [3.05, 3.63) is 181 Å². The van der Waals surface area contributed by atoms with Crippen molar-refractivity contribution in [1.82, 2.24) is 4.98 Å².